The number of carbonyl (C=O) groups is 1. The Balaban J connectivity index is 2.66. The van der Waals surface area contributed by atoms with Gasteiger partial charge in [-0.05, 0) is 56.1 Å². The minimum atomic E-state index is -0.548. The zero-order valence-electron chi connectivity index (χ0n) is 9.88. The molecule has 0 unspecified atom stereocenters. The lowest BCUT2D eigenvalue weighted by Crippen LogP contribution is -2.08. The summed E-state index contributed by atoms with van der Waals surface area (Å²) in [5, 5.41) is 0.158. The molecule has 4 N–H and O–H groups in total. The van der Waals surface area contributed by atoms with E-state index in [9.17, 15) is 9.18 Å². The van der Waals surface area contributed by atoms with E-state index in [0.29, 0.717) is 14.6 Å². The van der Waals surface area contributed by atoms with E-state index in [1.807, 2.05) is 0 Å². The van der Waals surface area contributed by atoms with E-state index in [-0.39, 0.29) is 21.8 Å². The van der Waals surface area contributed by atoms with Gasteiger partial charge in [-0.2, -0.15) is 0 Å². The molecule has 0 fully saturated rings. The fraction of sp³-hybridized carbons (Fsp3) is 0. The van der Waals surface area contributed by atoms with Crippen molar-refractivity contribution in [3.05, 3.63) is 55.2 Å². The maximum Gasteiger partial charge on any atom is 0.196 e. The monoisotopic (exact) mass is 420 g/mol. The predicted octanol–water partition coefficient (Wildman–Crippen LogP) is 4.40. The Hall–Kier alpha value is -1.11. The number of rotatable bonds is 2. The predicted molar refractivity (Wildman–Crippen MR) is 85.5 cm³/mol. The van der Waals surface area contributed by atoms with Gasteiger partial charge in [0.25, 0.3) is 0 Å². The van der Waals surface area contributed by atoms with Gasteiger partial charge in [0.2, 0.25) is 0 Å². The van der Waals surface area contributed by atoms with Crippen LogP contribution < -0.4 is 11.5 Å². The van der Waals surface area contributed by atoms with Crippen LogP contribution in [0.1, 0.15) is 15.9 Å². The van der Waals surface area contributed by atoms with Crippen LogP contribution in [0.2, 0.25) is 5.02 Å². The number of halogens is 4. The normalized spacial score (nSPS) is 10.6. The topological polar surface area (TPSA) is 69.1 Å². The van der Waals surface area contributed by atoms with Crippen molar-refractivity contribution in [3.8, 4) is 0 Å². The number of carbonyl (C=O) groups excluding carboxylic acids is 1. The Labute approximate surface area is 136 Å². The van der Waals surface area contributed by atoms with E-state index in [4.69, 9.17) is 23.1 Å². The molecule has 104 valence electrons. The number of hydrogen-bond donors (Lipinski definition) is 2. The van der Waals surface area contributed by atoms with E-state index in [2.05, 4.69) is 31.9 Å². The van der Waals surface area contributed by atoms with Crippen molar-refractivity contribution in [3.63, 3.8) is 0 Å². The van der Waals surface area contributed by atoms with E-state index < -0.39 is 11.6 Å². The third-order valence-corrected chi connectivity index (χ3v) is 4.47. The van der Waals surface area contributed by atoms with Crippen molar-refractivity contribution in [1.29, 1.82) is 0 Å². The van der Waals surface area contributed by atoms with Gasteiger partial charge in [-0.15, -0.1) is 0 Å². The molecule has 0 saturated carbocycles. The molecule has 0 aliphatic heterocycles. The quantitative estimate of drug-likeness (QED) is 0.557. The molecule has 20 heavy (non-hydrogen) atoms. The zero-order chi connectivity index (χ0) is 15.0. The second kappa shape index (κ2) is 5.71. The molecular weight excluding hydrogens is 414 g/mol. The third kappa shape index (κ3) is 2.68. The number of benzene rings is 2. The molecule has 0 amide bonds. The van der Waals surface area contributed by atoms with Crippen molar-refractivity contribution in [2.24, 2.45) is 0 Å². The van der Waals surface area contributed by atoms with Gasteiger partial charge in [0.05, 0.1) is 26.4 Å². The average Bonchev–Trinajstić information content (AvgIpc) is 2.39. The van der Waals surface area contributed by atoms with Crippen LogP contribution in [0.25, 0.3) is 0 Å². The molecular formula is C13H8Br2ClFN2O. The molecule has 0 heterocycles. The first-order valence-corrected chi connectivity index (χ1v) is 7.32. The number of anilines is 2. The first-order valence-electron chi connectivity index (χ1n) is 5.35. The lowest BCUT2D eigenvalue weighted by molar-refractivity contribution is 0.103. The Morgan fingerprint density at radius 2 is 1.85 bits per heavy atom. The van der Waals surface area contributed by atoms with E-state index in [0.717, 1.165) is 6.07 Å². The van der Waals surface area contributed by atoms with Crippen molar-refractivity contribution < 1.29 is 9.18 Å². The Bertz CT molecular complexity index is 722. The lowest BCUT2D eigenvalue weighted by atomic mass is 10.0. The molecule has 0 aliphatic carbocycles. The van der Waals surface area contributed by atoms with E-state index in [1.54, 1.807) is 0 Å². The summed E-state index contributed by atoms with van der Waals surface area (Å²) in [6.07, 6.45) is 0. The smallest absolute Gasteiger partial charge is 0.196 e. The van der Waals surface area contributed by atoms with Crippen LogP contribution in [-0.4, -0.2) is 5.78 Å². The highest BCUT2D eigenvalue weighted by Gasteiger charge is 2.22. The van der Waals surface area contributed by atoms with Gasteiger partial charge in [-0.25, -0.2) is 4.39 Å². The first kappa shape index (κ1) is 15.3. The number of hydrogen-bond acceptors (Lipinski definition) is 3. The summed E-state index contributed by atoms with van der Waals surface area (Å²) in [6.45, 7) is 0. The fourth-order valence-electron chi connectivity index (χ4n) is 1.67. The molecule has 0 radical (unpaired) electrons. The molecule has 3 nitrogen and oxygen atoms in total. The van der Waals surface area contributed by atoms with Gasteiger partial charge < -0.3 is 11.5 Å². The maximum absolute atomic E-state index is 13.3. The molecule has 7 heteroatoms. The number of nitrogens with two attached hydrogens (primary N) is 2. The second-order valence-electron chi connectivity index (χ2n) is 4.00. The zero-order valence-corrected chi connectivity index (χ0v) is 13.8. The summed E-state index contributed by atoms with van der Waals surface area (Å²) in [5.74, 6) is -1.01. The van der Waals surface area contributed by atoms with Crippen LogP contribution in [0.3, 0.4) is 0 Å². The maximum atomic E-state index is 13.3. The summed E-state index contributed by atoms with van der Waals surface area (Å²) in [6, 6.07) is 5.10. The molecule has 0 spiro atoms. The summed E-state index contributed by atoms with van der Waals surface area (Å²) in [5.41, 5.74) is 12.3. The molecule has 0 atom stereocenters. The molecule has 0 bridgehead atoms. The van der Waals surface area contributed by atoms with Crippen LogP contribution in [0.4, 0.5) is 15.8 Å². The minimum Gasteiger partial charge on any atom is -0.397 e. The molecule has 2 aromatic carbocycles. The lowest BCUT2D eigenvalue weighted by Gasteiger charge is -2.12. The second-order valence-corrected chi connectivity index (χ2v) is 6.06. The van der Waals surface area contributed by atoms with Gasteiger partial charge in [0.1, 0.15) is 5.82 Å². The largest absolute Gasteiger partial charge is 0.397 e. The summed E-state index contributed by atoms with van der Waals surface area (Å²) in [7, 11) is 0. The summed E-state index contributed by atoms with van der Waals surface area (Å²) >= 11 is 12.4. The van der Waals surface area contributed by atoms with E-state index in [1.165, 1.54) is 18.2 Å². The van der Waals surface area contributed by atoms with Crippen molar-refractivity contribution >= 4 is 60.6 Å². The van der Waals surface area contributed by atoms with Gasteiger partial charge in [-0.3, -0.25) is 4.79 Å². The highest BCUT2D eigenvalue weighted by molar-refractivity contribution is 9.11. The Morgan fingerprint density at radius 1 is 1.20 bits per heavy atom. The Morgan fingerprint density at radius 3 is 2.50 bits per heavy atom. The number of nitrogen functional groups attached to an aromatic ring is 2. The van der Waals surface area contributed by atoms with Crippen molar-refractivity contribution in [2.75, 3.05) is 11.5 Å². The van der Waals surface area contributed by atoms with E-state index >= 15 is 0 Å². The SMILES string of the molecule is Nc1cc(Br)c(C(=O)c2cc(F)ccc2Cl)c(Br)c1N. The molecule has 0 aliphatic rings. The molecule has 2 rings (SSSR count). The fourth-order valence-corrected chi connectivity index (χ4v) is 3.38. The molecule has 0 saturated heterocycles. The van der Waals surface area contributed by atoms with Crippen LogP contribution in [-0.2, 0) is 0 Å². The Kier molecular flexibility index (Phi) is 4.36. The third-order valence-electron chi connectivity index (χ3n) is 2.69. The van der Waals surface area contributed by atoms with Crippen LogP contribution in [0.5, 0.6) is 0 Å². The van der Waals surface area contributed by atoms with Crippen molar-refractivity contribution in [2.45, 2.75) is 0 Å². The van der Waals surface area contributed by atoms with Crippen LogP contribution >= 0.6 is 43.5 Å². The van der Waals surface area contributed by atoms with Gasteiger partial charge in [0.15, 0.2) is 5.78 Å². The van der Waals surface area contributed by atoms with Crippen LogP contribution in [0, 0.1) is 5.82 Å². The summed E-state index contributed by atoms with van der Waals surface area (Å²) in [4.78, 5) is 12.5. The highest BCUT2D eigenvalue weighted by atomic mass is 79.9. The molecule has 0 aromatic heterocycles. The first-order chi connectivity index (χ1) is 9.32. The highest BCUT2D eigenvalue weighted by Crippen LogP contribution is 2.37. The standard InChI is InChI=1S/C13H8Br2ClFN2O/c14-7-4-9(18)12(19)11(15)10(7)13(20)6-3-5(17)1-2-8(6)16/h1-4H,18-19H2. The molecule has 2 aromatic rings. The van der Waals surface area contributed by atoms with Crippen LogP contribution in [0.15, 0.2) is 33.2 Å². The summed E-state index contributed by atoms with van der Waals surface area (Å²) < 4.78 is 14.1. The van der Waals surface area contributed by atoms with Gasteiger partial charge in [-0.1, -0.05) is 11.6 Å². The minimum absolute atomic E-state index is 0.0530. The van der Waals surface area contributed by atoms with Crippen molar-refractivity contribution in [1.82, 2.24) is 0 Å². The average molecular weight is 422 g/mol. The van der Waals surface area contributed by atoms with Gasteiger partial charge in [0, 0.05) is 10.0 Å². The van der Waals surface area contributed by atoms with Gasteiger partial charge >= 0.3 is 0 Å². The number of ketones is 1.